The molecule has 24 heavy (non-hydrogen) atoms. The number of thioether (sulfide) groups is 1. The van der Waals surface area contributed by atoms with Gasteiger partial charge in [0.05, 0.1) is 11.6 Å². The molecular weight excluding hydrogens is 339 g/mol. The number of ether oxygens (including phenoxy) is 1. The molecule has 0 radical (unpaired) electrons. The van der Waals surface area contributed by atoms with Crippen molar-refractivity contribution in [3.05, 3.63) is 52.8 Å². The summed E-state index contributed by atoms with van der Waals surface area (Å²) in [6, 6.07) is 8.19. The normalized spacial score (nSPS) is 22.1. The highest BCUT2D eigenvalue weighted by atomic mass is 32.2. The fourth-order valence-electron chi connectivity index (χ4n) is 2.74. The molecule has 2 aromatic carbocycles. The van der Waals surface area contributed by atoms with Gasteiger partial charge in [-0.25, -0.2) is 13.2 Å². The van der Waals surface area contributed by atoms with Gasteiger partial charge in [-0.3, -0.25) is 0 Å². The van der Waals surface area contributed by atoms with E-state index in [2.05, 4.69) is 0 Å². The minimum Gasteiger partial charge on any atom is -0.457 e. The second-order valence-corrected chi connectivity index (χ2v) is 6.12. The van der Waals surface area contributed by atoms with E-state index in [0.717, 1.165) is 12.1 Å². The number of nitrogens with zero attached hydrogens (tertiary/aromatic N) is 1. The number of hydrogen-bond acceptors (Lipinski definition) is 4. The van der Waals surface area contributed by atoms with Gasteiger partial charge in [0.2, 0.25) is 0 Å². The van der Waals surface area contributed by atoms with Crippen LogP contribution >= 0.6 is 11.8 Å². The lowest BCUT2D eigenvalue weighted by Crippen LogP contribution is -2.09. The largest absolute Gasteiger partial charge is 0.457 e. The smallest absolute Gasteiger partial charge is 0.165 e. The number of nitriles is 1. The Kier molecular flexibility index (Phi) is 4.43. The summed E-state index contributed by atoms with van der Waals surface area (Å²) in [5.74, 6) is -0.694. The summed E-state index contributed by atoms with van der Waals surface area (Å²) in [7, 11) is 0. The number of fused-ring (bicyclic) bond motifs is 1. The monoisotopic (exact) mass is 351 g/mol. The Balaban J connectivity index is 2.08. The van der Waals surface area contributed by atoms with Crippen molar-refractivity contribution in [1.29, 1.82) is 5.26 Å². The highest BCUT2D eigenvalue weighted by Gasteiger charge is 2.44. The van der Waals surface area contributed by atoms with Crippen molar-refractivity contribution in [1.82, 2.24) is 0 Å². The Hall–Kier alpha value is -2.17. The van der Waals surface area contributed by atoms with Crippen molar-refractivity contribution in [2.45, 2.75) is 23.3 Å². The molecule has 0 heterocycles. The van der Waals surface area contributed by atoms with Crippen LogP contribution in [0.3, 0.4) is 0 Å². The highest BCUT2D eigenvalue weighted by molar-refractivity contribution is 7.98. The van der Waals surface area contributed by atoms with E-state index in [0.29, 0.717) is 4.90 Å². The number of hydrogen-bond donors (Lipinski definition) is 1. The molecule has 0 bridgehead atoms. The molecule has 0 unspecified atom stereocenters. The topological polar surface area (TPSA) is 53.2 Å². The summed E-state index contributed by atoms with van der Waals surface area (Å²) < 4.78 is 47.2. The zero-order valence-electron chi connectivity index (χ0n) is 12.5. The number of benzene rings is 2. The third kappa shape index (κ3) is 2.72. The third-order valence-corrected chi connectivity index (χ3v) is 4.60. The van der Waals surface area contributed by atoms with Crippen LogP contribution in [-0.4, -0.2) is 17.5 Å². The van der Waals surface area contributed by atoms with E-state index in [1.54, 1.807) is 18.4 Å². The minimum atomic E-state index is -2.09. The Morgan fingerprint density at radius 1 is 1.21 bits per heavy atom. The van der Waals surface area contributed by atoms with Gasteiger partial charge in [-0.1, -0.05) is 0 Å². The zero-order chi connectivity index (χ0) is 17.4. The predicted molar refractivity (Wildman–Crippen MR) is 83.1 cm³/mol. The van der Waals surface area contributed by atoms with Gasteiger partial charge < -0.3 is 9.84 Å². The first kappa shape index (κ1) is 16.7. The van der Waals surface area contributed by atoms with Crippen LogP contribution < -0.4 is 4.74 Å². The maximum absolute atomic E-state index is 14.3. The van der Waals surface area contributed by atoms with Gasteiger partial charge in [0.15, 0.2) is 12.3 Å². The fourth-order valence-corrected chi connectivity index (χ4v) is 3.40. The lowest BCUT2D eigenvalue weighted by Gasteiger charge is -2.14. The summed E-state index contributed by atoms with van der Waals surface area (Å²) in [6.07, 6.45) is -3.98. The van der Waals surface area contributed by atoms with Gasteiger partial charge in [0.1, 0.15) is 23.4 Å². The quantitative estimate of drug-likeness (QED) is 0.821. The third-order valence-electron chi connectivity index (χ3n) is 3.81. The number of aliphatic hydroxyl groups excluding tert-OH is 1. The Morgan fingerprint density at radius 2 is 1.96 bits per heavy atom. The molecule has 3 atom stereocenters. The molecular formula is C17H12F3NO2S. The molecule has 3 rings (SSSR count). The summed E-state index contributed by atoms with van der Waals surface area (Å²) >= 11 is 1.25. The number of alkyl halides is 2. The second kappa shape index (κ2) is 6.38. The number of rotatable bonds is 3. The lowest BCUT2D eigenvalue weighted by molar-refractivity contribution is 0.0455. The van der Waals surface area contributed by atoms with Crippen LogP contribution in [0.25, 0.3) is 0 Å². The van der Waals surface area contributed by atoms with Crippen LogP contribution in [-0.2, 0) is 0 Å². The second-order valence-electron chi connectivity index (χ2n) is 5.27. The lowest BCUT2D eigenvalue weighted by atomic mass is 10.1. The average Bonchev–Trinajstić information content (AvgIpc) is 2.80. The van der Waals surface area contributed by atoms with Crippen LogP contribution in [0.1, 0.15) is 29.0 Å². The predicted octanol–water partition coefficient (Wildman–Crippen LogP) is 4.61. The summed E-state index contributed by atoms with van der Waals surface area (Å²) in [5, 5.41) is 18.8. The number of aliphatic hydroxyl groups is 1. The molecule has 0 spiro atoms. The van der Waals surface area contributed by atoms with E-state index < -0.39 is 24.3 Å². The van der Waals surface area contributed by atoms with E-state index in [-0.39, 0.29) is 28.2 Å². The van der Waals surface area contributed by atoms with E-state index in [9.17, 15) is 18.3 Å². The van der Waals surface area contributed by atoms with Gasteiger partial charge in [-0.15, -0.1) is 11.8 Å². The molecule has 3 nitrogen and oxygen atoms in total. The van der Waals surface area contributed by atoms with Crippen molar-refractivity contribution in [2.24, 2.45) is 0 Å². The van der Waals surface area contributed by atoms with Crippen molar-refractivity contribution in [3.8, 4) is 17.6 Å². The SMILES string of the molecule is CSc1ccc(Oc2cc(F)cc(C#N)c2)c2c1[C@H](O)[C@H](F)[C@@H]2F. The first-order valence-corrected chi connectivity index (χ1v) is 8.24. The van der Waals surface area contributed by atoms with Gasteiger partial charge >= 0.3 is 0 Å². The Labute approximate surface area is 140 Å². The van der Waals surface area contributed by atoms with E-state index >= 15 is 0 Å². The summed E-state index contributed by atoms with van der Waals surface area (Å²) in [4.78, 5) is 0.546. The zero-order valence-corrected chi connectivity index (χ0v) is 13.3. The molecule has 0 fully saturated rings. The molecule has 0 aliphatic heterocycles. The van der Waals surface area contributed by atoms with Gasteiger partial charge in [0, 0.05) is 22.1 Å². The van der Waals surface area contributed by atoms with Gasteiger partial charge in [-0.05, 0) is 30.5 Å². The molecule has 0 saturated heterocycles. The molecule has 2 aromatic rings. The van der Waals surface area contributed by atoms with Crippen LogP contribution in [0.2, 0.25) is 0 Å². The highest BCUT2D eigenvalue weighted by Crippen LogP contribution is 2.51. The first-order chi connectivity index (χ1) is 11.5. The van der Waals surface area contributed by atoms with Crippen LogP contribution in [0.5, 0.6) is 11.5 Å². The summed E-state index contributed by atoms with van der Waals surface area (Å²) in [6.45, 7) is 0. The number of halogens is 3. The fraction of sp³-hybridized carbons (Fsp3) is 0.235. The first-order valence-electron chi connectivity index (χ1n) is 7.01. The van der Waals surface area contributed by atoms with E-state index in [4.69, 9.17) is 10.00 Å². The summed E-state index contributed by atoms with van der Waals surface area (Å²) in [5.41, 5.74) is 0.115. The molecule has 1 N–H and O–H groups in total. The molecule has 124 valence electrons. The van der Waals surface area contributed by atoms with Gasteiger partial charge in [0.25, 0.3) is 0 Å². The van der Waals surface area contributed by atoms with Crippen LogP contribution in [0.15, 0.2) is 35.2 Å². The molecule has 1 aliphatic rings. The van der Waals surface area contributed by atoms with E-state index in [1.807, 2.05) is 0 Å². The van der Waals surface area contributed by atoms with Gasteiger partial charge in [-0.2, -0.15) is 5.26 Å². The maximum Gasteiger partial charge on any atom is 0.165 e. The Morgan fingerprint density at radius 3 is 2.62 bits per heavy atom. The average molecular weight is 351 g/mol. The van der Waals surface area contributed by atoms with E-state index in [1.165, 1.54) is 23.9 Å². The van der Waals surface area contributed by atoms with Crippen molar-refractivity contribution < 1.29 is 23.0 Å². The molecule has 0 saturated carbocycles. The molecule has 1 aliphatic carbocycles. The Bertz CT molecular complexity index is 837. The van der Waals surface area contributed by atoms with Crippen molar-refractivity contribution in [2.75, 3.05) is 6.26 Å². The molecule has 0 amide bonds. The molecule has 0 aromatic heterocycles. The van der Waals surface area contributed by atoms with Crippen molar-refractivity contribution in [3.63, 3.8) is 0 Å². The van der Waals surface area contributed by atoms with Crippen LogP contribution in [0, 0.1) is 17.1 Å². The minimum absolute atomic E-state index is 0.00495. The maximum atomic E-state index is 14.3. The van der Waals surface area contributed by atoms with Crippen molar-refractivity contribution >= 4 is 11.8 Å². The van der Waals surface area contributed by atoms with Crippen LogP contribution in [0.4, 0.5) is 13.2 Å². The standard InChI is InChI=1S/C17H12F3NO2S/c1-24-12-3-2-11(13-14(12)17(22)16(20)15(13)19)23-10-5-8(7-21)4-9(18)6-10/h2-6,15-17,22H,1H3/t15-,16-,17+/m1/s1. The molecule has 7 heteroatoms.